The highest BCUT2D eigenvalue weighted by Crippen LogP contribution is 2.21. The van der Waals surface area contributed by atoms with Crippen molar-refractivity contribution in [2.75, 3.05) is 29.3 Å². The van der Waals surface area contributed by atoms with Crippen LogP contribution in [-0.4, -0.2) is 13.1 Å². The van der Waals surface area contributed by atoms with Crippen LogP contribution in [0.4, 0.5) is 17.1 Å². The van der Waals surface area contributed by atoms with Crippen molar-refractivity contribution in [2.24, 2.45) is 5.73 Å². The van der Waals surface area contributed by atoms with Crippen molar-refractivity contribution in [3.63, 3.8) is 0 Å². The zero-order chi connectivity index (χ0) is 16.5. The molecule has 0 aromatic heterocycles. The Balaban J connectivity index is 1.85. The third-order valence-electron chi connectivity index (χ3n) is 3.91. The summed E-state index contributed by atoms with van der Waals surface area (Å²) >= 11 is 0. The molecule has 0 amide bonds. The first kappa shape index (κ1) is 17.2. The molecule has 5 N–H and O–H groups in total. The fourth-order valence-electron chi connectivity index (χ4n) is 2.46. The summed E-state index contributed by atoms with van der Waals surface area (Å²) in [5.41, 5.74) is 17.8. The standard InChI is InChI=1S/C19H28N4/c1-15-8-4-5-9-19(15)23-22-17-10-11-18(16(2)14-17)21-13-7-3-6-12-20/h4-5,8-11,14,21-23H,3,6-7,12-13,20H2,1-2H3. The van der Waals surface area contributed by atoms with Crippen molar-refractivity contribution in [1.82, 2.24) is 0 Å². The van der Waals surface area contributed by atoms with Crippen molar-refractivity contribution in [3.05, 3.63) is 53.6 Å². The van der Waals surface area contributed by atoms with Crippen molar-refractivity contribution in [2.45, 2.75) is 33.1 Å². The maximum absolute atomic E-state index is 5.51. The third-order valence-corrected chi connectivity index (χ3v) is 3.91. The minimum atomic E-state index is 0.785. The van der Waals surface area contributed by atoms with Gasteiger partial charge in [0.05, 0.1) is 11.4 Å². The van der Waals surface area contributed by atoms with E-state index in [-0.39, 0.29) is 0 Å². The van der Waals surface area contributed by atoms with Gasteiger partial charge >= 0.3 is 0 Å². The van der Waals surface area contributed by atoms with Gasteiger partial charge < -0.3 is 21.9 Å². The Hall–Kier alpha value is -2.20. The molecule has 4 nitrogen and oxygen atoms in total. The molecule has 0 atom stereocenters. The summed E-state index contributed by atoms with van der Waals surface area (Å²) in [5, 5.41) is 3.49. The molecular formula is C19H28N4. The van der Waals surface area contributed by atoms with Crippen LogP contribution in [0.3, 0.4) is 0 Å². The van der Waals surface area contributed by atoms with Crippen molar-refractivity contribution in [1.29, 1.82) is 0 Å². The van der Waals surface area contributed by atoms with E-state index in [9.17, 15) is 0 Å². The molecule has 0 saturated carbocycles. The first-order valence-corrected chi connectivity index (χ1v) is 8.33. The predicted molar refractivity (Wildman–Crippen MR) is 101 cm³/mol. The summed E-state index contributed by atoms with van der Waals surface area (Å²) < 4.78 is 0. The van der Waals surface area contributed by atoms with Crippen LogP contribution >= 0.6 is 0 Å². The Kier molecular flexibility index (Phi) is 6.76. The molecule has 4 heteroatoms. The minimum Gasteiger partial charge on any atom is -0.385 e. The van der Waals surface area contributed by atoms with E-state index in [2.05, 4.69) is 60.3 Å². The number of hydrogen-bond acceptors (Lipinski definition) is 4. The second-order valence-corrected chi connectivity index (χ2v) is 5.87. The molecule has 0 aliphatic carbocycles. The number of hydrazine groups is 1. The lowest BCUT2D eigenvalue weighted by Gasteiger charge is -2.14. The van der Waals surface area contributed by atoms with Crippen LogP contribution in [0.25, 0.3) is 0 Å². The van der Waals surface area contributed by atoms with Crippen LogP contribution in [0.2, 0.25) is 0 Å². The van der Waals surface area contributed by atoms with Crippen LogP contribution in [-0.2, 0) is 0 Å². The Morgan fingerprint density at radius 1 is 0.826 bits per heavy atom. The summed E-state index contributed by atoms with van der Waals surface area (Å²) in [6.45, 7) is 6.00. The van der Waals surface area contributed by atoms with Gasteiger partial charge in [0.1, 0.15) is 0 Å². The second-order valence-electron chi connectivity index (χ2n) is 5.87. The SMILES string of the molecule is Cc1cc(NNc2ccccc2C)ccc1NCCCCCN. The maximum atomic E-state index is 5.51. The van der Waals surface area contributed by atoms with Gasteiger partial charge in [0.25, 0.3) is 0 Å². The van der Waals surface area contributed by atoms with E-state index in [0.29, 0.717) is 0 Å². The summed E-state index contributed by atoms with van der Waals surface area (Å²) in [4.78, 5) is 0. The van der Waals surface area contributed by atoms with Gasteiger partial charge in [-0.05, 0) is 68.6 Å². The molecule has 2 aromatic rings. The largest absolute Gasteiger partial charge is 0.385 e. The molecule has 0 unspecified atom stereocenters. The van der Waals surface area contributed by atoms with Gasteiger partial charge in [-0.2, -0.15) is 0 Å². The quantitative estimate of drug-likeness (QED) is 0.412. The van der Waals surface area contributed by atoms with E-state index in [4.69, 9.17) is 5.73 Å². The first-order valence-electron chi connectivity index (χ1n) is 8.33. The molecular weight excluding hydrogens is 284 g/mol. The van der Waals surface area contributed by atoms with Crippen LogP contribution in [0.15, 0.2) is 42.5 Å². The normalized spacial score (nSPS) is 10.4. The lowest BCUT2D eigenvalue weighted by atomic mass is 10.1. The van der Waals surface area contributed by atoms with E-state index in [1.165, 1.54) is 23.2 Å². The smallest absolute Gasteiger partial charge is 0.0569 e. The molecule has 0 radical (unpaired) electrons. The van der Waals surface area contributed by atoms with Crippen LogP contribution in [0, 0.1) is 13.8 Å². The molecule has 0 fully saturated rings. The Labute approximate surface area is 139 Å². The van der Waals surface area contributed by atoms with E-state index in [0.717, 1.165) is 37.3 Å². The molecule has 0 saturated heterocycles. The highest BCUT2D eigenvalue weighted by atomic mass is 15.4. The van der Waals surface area contributed by atoms with Gasteiger partial charge in [-0.3, -0.25) is 0 Å². The molecule has 2 aromatic carbocycles. The maximum Gasteiger partial charge on any atom is 0.0569 e. The number of benzene rings is 2. The number of aryl methyl sites for hydroxylation is 2. The fourth-order valence-corrected chi connectivity index (χ4v) is 2.46. The zero-order valence-corrected chi connectivity index (χ0v) is 14.2. The average Bonchev–Trinajstić information content (AvgIpc) is 2.55. The van der Waals surface area contributed by atoms with Gasteiger partial charge in [0.2, 0.25) is 0 Å². The Bertz CT molecular complexity index is 610. The summed E-state index contributed by atoms with van der Waals surface area (Å²) in [6, 6.07) is 14.6. The summed E-state index contributed by atoms with van der Waals surface area (Å²) in [7, 11) is 0. The number of nitrogens with one attached hydrogen (secondary N) is 3. The molecule has 0 heterocycles. The van der Waals surface area contributed by atoms with Crippen molar-refractivity contribution < 1.29 is 0 Å². The third kappa shape index (κ3) is 5.49. The topological polar surface area (TPSA) is 62.1 Å². The number of nitrogens with two attached hydrogens (primary N) is 1. The first-order chi connectivity index (χ1) is 11.2. The molecule has 0 aliphatic heterocycles. The zero-order valence-electron chi connectivity index (χ0n) is 14.2. The fraction of sp³-hybridized carbons (Fsp3) is 0.368. The molecule has 2 rings (SSSR count). The summed E-state index contributed by atoms with van der Waals surface area (Å²) in [5.74, 6) is 0. The average molecular weight is 312 g/mol. The van der Waals surface area contributed by atoms with E-state index in [1.807, 2.05) is 12.1 Å². The molecule has 0 spiro atoms. The van der Waals surface area contributed by atoms with Gasteiger partial charge in [0, 0.05) is 12.2 Å². The van der Waals surface area contributed by atoms with Crippen molar-refractivity contribution in [3.8, 4) is 0 Å². The number of para-hydroxylation sites is 1. The van der Waals surface area contributed by atoms with E-state index in [1.54, 1.807) is 0 Å². The number of unbranched alkanes of at least 4 members (excludes halogenated alkanes) is 2. The van der Waals surface area contributed by atoms with E-state index < -0.39 is 0 Å². The molecule has 23 heavy (non-hydrogen) atoms. The molecule has 0 bridgehead atoms. The number of anilines is 3. The highest BCUT2D eigenvalue weighted by Gasteiger charge is 2.01. The lowest BCUT2D eigenvalue weighted by molar-refractivity contribution is 0.707. The number of rotatable bonds is 9. The molecule has 0 aliphatic rings. The van der Waals surface area contributed by atoms with Crippen LogP contribution in [0.1, 0.15) is 30.4 Å². The van der Waals surface area contributed by atoms with Crippen LogP contribution in [0.5, 0.6) is 0 Å². The van der Waals surface area contributed by atoms with Crippen molar-refractivity contribution >= 4 is 17.1 Å². The monoisotopic (exact) mass is 312 g/mol. The lowest BCUT2D eigenvalue weighted by Crippen LogP contribution is -2.10. The predicted octanol–water partition coefficient (Wildman–Crippen LogP) is 4.28. The van der Waals surface area contributed by atoms with Crippen LogP contribution < -0.4 is 21.9 Å². The van der Waals surface area contributed by atoms with E-state index >= 15 is 0 Å². The molecule has 124 valence electrons. The Morgan fingerprint density at radius 2 is 1.65 bits per heavy atom. The van der Waals surface area contributed by atoms with Gasteiger partial charge in [-0.25, -0.2) is 0 Å². The highest BCUT2D eigenvalue weighted by molar-refractivity contribution is 5.62. The minimum absolute atomic E-state index is 0.785. The Morgan fingerprint density at radius 3 is 2.39 bits per heavy atom. The second kappa shape index (κ2) is 9.06. The van der Waals surface area contributed by atoms with Gasteiger partial charge in [-0.15, -0.1) is 0 Å². The summed E-state index contributed by atoms with van der Waals surface area (Å²) in [6.07, 6.45) is 3.45. The number of hydrogen-bond donors (Lipinski definition) is 4. The van der Waals surface area contributed by atoms with Gasteiger partial charge in [-0.1, -0.05) is 24.6 Å². The van der Waals surface area contributed by atoms with Gasteiger partial charge in [0.15, 0.2) is 0 Å².